The highest BCUT2D eigenvalue weighted by atomic mass is 32.2. The number of rotatable bonds is 20. The van der Waals surface area contributed by atoms with Crippen molar-refractivity contribution in [2.45, 2.75) is 87.7 Å². The Morgan fingerprint density at radius 2 is 1.72 bits per heavy atom. The number of hydrogen-bond donors (Lipinski definition) is 5. The molecule has 65 heavy (non-hydrogen) atoms. The third-order valence-electron chi connectivity index (χ3n) is 11.8. The van der Waals surface area contributed by atoms with E-state index >= 15 is 0 Å². The number of imidazole rings is 1. The third kappa shape index (κ3) is 10.8. The summed E-state index contributed by atoms with van der Waals surface area (Å²) in [6, 6.07) is 18.2. The fourth-order valence-corrected chi connectivity index (χ4v) is 9.28. The van der Waals surface area contributed by atoms with Crippen molar-refractivity contribution in [3.8, 4) is 5.88 Å². The van der Waals surface area contributed by atoms with Crippen molar-refractivity contribution in [2.24, 2.45) is 5.14 Å². The van der Waals surface area contributed by atoms with E-state index in [-0.39, 0.29) is 29.8 Å². The Morgan fingerprint density at radius 3 is 2.42 bits per heavy atom. The van der Waals surface area contributed by atoms with Crippen LogP contribution in [0.5, 0.6) is 5.88 Å². The van der Waals surface area contributed by atoms with Gasteiger partial charge in [-0.05, 0) is 110 Å². The van der Waals surface area contributed by atoms with Crippen molar-refractivity contribution in [2.75, 3.05) is 36.1 Å². The molecule has 0 saturated heterocycles. The number of nitrogens with two attached hydrogens (primary N) is 2. The maximum Gasteiger partial charge on any atom is 0.245 e. The summed E-state index contributed by atoms with van der Waals surface area (Å²) in [6.45, 7) is 16.6. The second kappa shape index (κ2) is 19.9. The number of aromatic amines is 1. The summed E-state index contributed by atoms with van der Waals surface area (Å²) in [4.78, 5) is 31.3. The normalized spacial score (nSPS) is 16.9. The predicted octanol–water partition coefficient (Wildman–Crippen LogP) is 7.34. The summed E-state index contributed by atoms with van der Waals surface area (Å²) in [5.41, 5.74) is 12.7. The minimum atomic E-state index is -3.97. The molecular formula is C48H59N9O6S2. The molecule has 1 amide bonds. The summed E-state index contributed by atoms with van der Waals surface area (Å²) in [6.07, 6.45) is 12.7. The Hall–Kier alpha value is -6.27. The molecule has 0 fully saturated rings. The van der Waals surface area contributed by atoms with Gasteiger partial charge in [0.15, 0.2) is 5.65 Å². The van der Waals surface area contributed by atoms with Crippen LogP contribution in [-0.4, -0.2) is 64.5 Å². The van der Waals surface area contributed by atoms with Crippen LogP contribution < -0.4 is 31.1 Å². The zero-order valence-electron chi connectivity index (χ0n) is 37.8. The van der Waals surface area contributed by atoms with Gasteiger partial charge in [-0.15, -0.1) is 0 Å². The van der Waals surface area contributed by atoms with Gasteiger partial charge in [-0.3, -0.25) is 8.98 Å². The van der Waals surface area contributed by atoms with Gasteiger partial charge in [0.2, 0.25) is 27.8 Å². The van der Waals surface area contributed by atoms with Crippen molar-refractivity contribution in [3.63, 3.8) is 0 Å². The molecule has 0 radical (unpaired) electrons. The molecule has 15 nitrogen and oxygen atoms in total. The molecule has 17 heteroatoms. The monoisotopic (exact) mass is 921 g/mol. The molecule has 2 atom stereocenters. The van der Waals surface area contributed by atoms with Crippen LogP contribution in [0.3, 0.4) is 0 Å². The van der Waals surface area contributed by atoms with Crippen LogP contribution in [0.15, 0.2) is 125 Å². The van der Waals surface area contributed by atoms with Gasteiger partial charge in [-0.2, -0.15) is 9.97 Å². The number of nitrogens with zero attached hydrogens (tertiary/aromatic N) is 4. The van der Waals surface area contributed by atoms with Gasteiger partial charge >= 0.3 is 0 Å². The molecule has 3 heterocycles. The summed E-state index contributed by atoms with van der Waals surface area (Å²) in [5, 5.41) is 12.1. The molecule has 1 aliphatic rings. The number of H-pyrrole nitrogens is 1. The number of benzene rings is 3. The van der Waals surface area contributed by atoms with Gasteiger partial charge in [0.1, 0.15) is 21.9 Å². The summed E-state index contributed by atoms with van der Waals surface area (Å²) < 4.78 is 49.2. The second-order valence-electron chi connectivity index (χ2n) is 16.5. The minimum Gasteiger partial charge on any atom is -0.471 e. The van der Waals surface area contributed by atoms with Crippen molar-refractivity contribution in [1.82, 2.24) is 25.3 Å². The summed E-state index contributed by atoms with van der Waals surface area (Å²) in [7, 11) is -5.50. The van der Waals surface area contributed by atoms with E-state index in [1.807, 2.05) is 80.6 Å². The summed E-state index contributed by atoms with van der Waals surface area (Å²) in [5.74, 6) is 4.07. The molecule has 0 spiro atoms. The van der Waals surface area contributed by atoms with E-state index in [0.29, 0.717) is 54.4 Å². The first-order chi connectivity index (χ1) is 30.8. The third-order valence-corrected chi connectivity index (χ3v) is 14.3. The van der Waals surface area contributed by atoms with E-state index in [2.05, 4.69) is 68.7 Å². The van der Waals surface area contributed by atoms with E-state index < -0.39 is 30.7 Å². The van der Waals surface area contributed by atoms with E-state index in [1.54, 1.807) is 18.2 Å². The molecule has 1 aliphatic heterocycles. The first kappa shape index (κ1) is 48.2. The van der Waals surface area contributed by atoms with Gasteiger partial charge < -0.3 is 31.0 Å². The van der Waals surface area contributed by atoms with Crippen LogP contribution in [0.4, 0.5) is 17.3 Å². The molecule has 0 aliphatic carbocycles. The number of carbonyl (C=O) groups is 1. The number of allylic oxidation sites excluding steroid dienone is 7. The second-order valence-corrected chi connectivity index (χ2v) is 20.1. The topological polar surface area (TPSA) is 221 Å². The Morgan fingerprint density at radius 1 is 1.00 bits per heavy atom. The summed E-state index contributed by atoms with van der Waals surface area (Å²) >= 11 is 0. The molecule has 3 aromatic carbocycles. The van der Waals surface area contributed by atoms with Crippen molar-refractivity contribution >= 4 is 60.1 Å². The van der Waals surface area contributed by atoms with Gasteiger partial charge in [0.25, 0.3) is 0 Å². The Kier molecular flexibility index (Phi) is 14.7. The molecular weight excluding hydrogens is 863 g/mol. The lowest BCUT2D eigenvalue weighted by atomic mass is 9.77. The van der Waals surface area contributed by atoms with Crippen LogP contribution in [0, 0.1) is 0 Å². The maximum absolute atomic E-state index is 13.2. The fraction of sp³-hybridized carbons (Fsp3) is 0.312. The van der Waals surface area contributed by atoms with Gasteiger partial charge in [0, 0.05) is 54.0 Å². The number of carbonyl (C=O) groups excluding carboxylic acids is 1. The number of ether oxygens (including phenoxy) is 1. The smallest absolute Gasteiger partial charge is 0.245 e. The molecule has 6 rings (SSSR count). The molecule has 0 bridgehead atoms. The van der Waals surface area contributed by atoms with Crippen molar-refractivity contribution < 1.29 is 26.3 Å². The first-order valence-corrected chi connectivity index (χ1v) is 24.5. The number of fused-ring (bicyclic) bond motifs is 2. The highest BCUT2D eigenvalue weighted by Crippen LogP contribution is 2.51. The lowest BCUT2D eigenvalue weighted by Gasteiger charge is -2.30. The number of anilines is 3. The molecule has 344 valence electrons. The lowest BCUT2D eigenvalue weighted by Crippen LogP contribution is -2.29. The number of sulfonamides is 1. The van der Waals surface area contributed by atoms with Crippen LogP contribution in [0.25, 0.3) is 11.2 Å². The number of nitrogen functional groups attached to an aromatic ring is 1. The highest BCUT2D eigenvalue weighted by molar-refractivity contribution is 7.96. The predicted molar refractivity (Wildman–Crippen MR) is 260 cm³/mol. The molecule has 2 unspecified atom stereocenters. The zero-order chi connectivity index (χ0) is 47.2. The SMILES string of the molecule is C=C(C=CC=CC=C1N(CC)c2ccc(S(N)(=O)=O)cc2C1(C)CCCC(=O)NCc1ccc(COc2nc(N)nc3nc[nH]c23)cc1)C(C)(C)c1cc(S(=C)(=O)OC)ccc1NCC. The number of likely N-dealkylation sites (N-methyl/N-ethyl adjacent to an activating group) is 1. The van der Waals surface area contributed by atoms with Crippen LogP contribution in [-0.2, 0) is 52.8 Å². The minimum absolute atomic E-state index is 0.0335. The van der Waals surface area contributed by atoms with Crippen molar-refractivity contribution in [3.05, 3.63) is 137 Å². The standard InChI is InChI=1S/C48H59N9O6S2/c1-9-51-39-24-22-35(64(8,59)62-7)27-37(39)47(4,5)32(3)15-12-11-13-16-41-48(6,38-28-36(65(50,60)61)23-25-40(38)57(41)10-2)26-14-17-42(58)52-29-33-18-20-34(21-19-33)30-63-45-43-44(54-31-53-43)55-46(49)56-45/h11-13,15-16,18-25,27-28,31,51H,3,8-10,14,17,26,29-30H2,1-2,4-7H3,(H,52,58)(H2,50,60,61)(H3,49,53,54,55,56). The quantitative estimate of drug-likeness (QED) is 0.0382. The van der Waals surface area contributed by atoms with E-state index in [9.17, 15) is 17.4 Å². The van der Waals surface area contributed by atoms with Crippen molar-refractivity contribution in [1.29, 1.82) is 0 Å². The first-order valence-electron chi connectivity index (χ1n) is 21.3. The zero-order valence-corrected chi connectivity index (χ0v) is 39.4. The molecule has 2 aromatic heterocycles. The van der Waals surface area contributed by atoms with Crippen LogP contribution in [0.1, 0.15) is 76.1 Å². The number of nitrogens with one attached hydrogen (secondary N) is 3. The van der Waals surface area contributed by atoms with Crippen LogP contribution >= 0.6 is 0 Å². The van der Waals surface area contributed by atoms with E-state index in [0.717, 1.165) is 44.9 Å². The van der Waals surface area contributed by atoms with Gasteiger partial charge in [-0.25, -0.2) is 22.7 Å². The van der Waals surface area contributed by atoms with Gasteiger partial charge in [0.05, 0.1) is 23.2 Å². The Balaban J connectivity index is 1.13. The maximum atomic E-state index is 13.2. The fourth-order valence-electron chi connectivity index (χ4n) is 7.97. The number of hydrogen-bond acceptors (Lipinski definition) is 12. The Bertz CT molecular complexity index is 2890. The Labute approximate surface area is 382 Å². The average Bonchev–Trinajstić information content (AvgIpc) is 3.84. The number of primary sulfonamides is 1. The number of amides is 1. The van der Waals surface area contributed by atoms with E-state index in [4.69, 9.17) is 19.8 Å². The lowest BCUT2D eigenvalue weighted by molar-refractivity contribution is -0.121. The van der Waals surface area contributed by atoms with Gasteiger partial charge in [-0.1, -0.05) is 69.0 Å². The van der Waals surface area contributed by atoms with E-state index in [1.165, 1.54) is 19.5 Å². The molecule has 7 N–H and O–H groups in total. The number of aromatic nitrogens is 4. The highest BCUT2D eigenvalue weighted by Gasteiger charge is 2.43. The van der Waals surface area contributed by atoms with Crippen LogP contribution in [0.2, 0.25) is 0 Å². The largest absolute Gasteiger partial charge is 0.471 e. The molecule has 5 aromatic rings. The average molecular weight is 922 g/mol. The molecule has 0 saturated carbocycles.